The average molecular weight is 314 g/mol. The largest absolute Gasteiger partial charge is 0.444 e. The Kier molecular flexibility index (Phi) is 5.08. The highest BCUT2D eigenvalue weighted by molar-refractivity contribution is 5.78. The molecule has 1 aromatic carbocycles. The zero-order chi connectivity index (χ0) is 16.1. The second-order valence-electron chi connectivity index (χ2n) is 6.15. The van der Waals surface area contributed by atoms with Gasteiger partial charge in [-0.1, -0.05) is 18.2 Å². The predicted octanol–water partition coefficient (Wildman–Crippen LogP) is 2.55. The Labute approximate surface area is 135 Å². The van der Waals surface area contributed by atoms with Gasteiger partial charge in [0, 0.05) is 18.2 Å². The van der Waals surface area contributed by atoms with Crippen molar-refractivity contribution in [1.82, 2.24) is 10.3 Å². The minimum atomic E-state index is -0.0228. The summed E-state index contributed by atoms with van der Waals surface area (Å²) in [6.07, 6.45) is 5.60. The molecule has 1 fully saturated rings. The van der Waals surface area contributed by atoms with Gasteiger partial charge in [-0.15, -0.1) is 0 Å². The van der Waals surface area contributed by atoms with Crippen LogP contribution in [-0.4, -0.2) is 28.6 Å². The predicted molar refractivity (Wildman–Crippen MR) is 86.6 cm³/mol. The monoisotopic (exact) mass is 314 g/mol. The maximum Gasteiger partial charge on any atom is 0.226 e. The van der Waals surface area contributed by atoms with E-state index in [-0.39, 0.29) is 25.0 Å². The zero-order valence-electron chi connectivity index (χ0n) is 13.1. The lowest BCUT2D eigenvalue weighted by Crippen LogP contribution is -2.38. The van der Waals surface area contributed by atoms with Crippen molar-refractivity contribution in [2.24, 2.45) is 5.92 Å². The van der Waals surface area contributed by atoms with Crippen molar-refractivity contribution in [3.8, 4) is 11.5 Å². The van der Waals surface area contributed by atoms with Crippen molar-refractivity contribution >= 4 is 5.91 Å². The highest BCUT2D eigenvalue weighted by atomic mass is 16.3. The molecule has 0 bridgehead atoms. The zero-order valence-corrected chi connectivity index (χ0v) is 13.1. The first-order chi connectivity index (χ1) is 11.2. The van der Waals surface area contributed by atoms with Crippen molar-refractivity contribution in [3.63, 3.8) is 0 Å². The summed E-state index contributed by atoms with van der Waals surface area (Å²) in [5.41, 5.74) is 1.55. The van der Waals surface area contributed by atoms with Gasteiger partial charge in [-0.2, -0.15) is 0 Å². The molecule has 23 heavy (non-hydrogen) atoms. The molecule has 5 nitrogen and oxygen atoms in total. The van der Waals surface area contributed by atoms with Crippen LogP contribution >= 0.6 is 0 Å². The highest BCUT2D eigenvalue weighted by Gasteiger charge is 2.22. The van der Waals surface area contributed by atoms with Crippen LogP contribution in [0.1, 0.15) is 31.4 Å². The lowest BCUT2D eigenvalue weighted by molar-refractivity contribution is -0.121. The number of carbonyl (C=O) groups is 1. The van der Waals surface area contributed by atoms with Gasteiger partial charge in [0.15, 0.2) is 0 Å². The van der Waals surface area contributed by atoms with Gasteiger partial charge in [0.1, 0.15) is 6.26 Å². The molecule has 1 amide bonds. The minimum absolute atomic E-state index is 0.0228. The van der Waals surface area contributed by atoms with Crippen LogP contribution in [0.3, 0.4) is 0 Å². The van der Waals surface area contributed by atoms with E-state index in [2.05, 4.69) is 10.3 Å². The van der Waals surface area contributed by atoms with E-state index in [1.54, 1.807) is 6.26 Å². The third kappa shape index (κ3) is 4.20. The van der Waals surface area contributed by atoms with Gasteiger partial charge in [-0.3, -0.25) is 4.79 Å². The lowest BCUT2D eigenvalue weighted by Gasteiger charge is -2.27. The maximum absolute atomic E-state index is 12.1. The van der Waals surface area contributed by atoms with E-state index in [1.807, 2.05) is 30.3 Å². The van der Waals surface area contributed by atoms with Crippen molar-refractivity contribution in [2.75, 3.05) is 6.61 Å². The van der Waals surface area contributed by atoms with Crippen LogP contribution < -0.4 is 5.32 Å². The first kappa shape index (κ1) is 15.7. The van der Waals surface area contributed by atoms with E-state index in [4.69, 9.17) is 9.52 Å². The van der Waals surface area contributed by atoms with Crippen LogP contribution in [0.15, 0.2) is 41.0 Å². The third-order valence-corrected chi connectivity index (χ3v) is 4.38. The van der Waals surface area contributed by atoms with Crippen LogP contribution in [0.25, 0.3) is 11.5 Å². The molecule has 5 heteroatoms. The first-order valence-corrected chi connectivity index (χ1v) is 8.14. The van der Waals surface area contributed by atoms with Crippen molar-refractivity contribution in [3.05, 3.63) is 42.3 Å². The average Bonchev–Trinajstić information content (AvgIpc) is 3.04. The second-order valence-corrected chi connectivity index (χ2v) is 6.15. The molecule has 0 unspecified atom stereocenters. The van der Waals surface area contributed by atoms with E-state index < -0.39 is 0 Å². The fraction of sp³-hybridized carbons (Fsp3) is 0.444. The first-order valence-electron chi connectivity index (χ1n) is 8.14. The molecular formula is C18H22N2O3. The molecular weight excluding hydrogens is 292 g/mol. The number of carbonyl (C=O) groups excluding carboxylic acids is 1. The number of hydrogen-bond acceptors (Lipinski definition) is 4. The minimum Gasteiger partial charge on any atom is -0.444 e. The molecule has 0 radical (unpaired) electrons. The summed E-state index contributed by atoms with van der Waals surface area (Å²) in [7, 11) is 0. The molecule has 0 saturated heterocycles. The van der Waals surface area contributed by atoms with Crippen molar-refractivity contribution < 1.29 is 14.3 Å². The Balaban J connectivity index is 1.52. The standard InChI is InChI=1S/C18H22N2O3/c21-11-13-6-8-15(9-7-13)19-17(22)10-16-12-23-18(20-16)14-4-2-1-3-5-14/h1-5,12-13,15,21H,6-11H2,(H,19,22). The molecule has 1 aromatic heterocycles. The summed E-state index contributed by atoms with van der Waals surface area (Å²) in [6, 6.07) is 9.85. The highest BCUT2D eigenvalue weighted by Crippen LogP contribution is 2.24. The van der Waals surface area contributed by atoms with Gasteiger partial charge in [0.05, 0.1) is 12.1 Å². The van der Waals surface area contributed by atoms with Gasteiger partial charge < -0.3 is 14.8 Å². The fourth-order valence-corrected chi connectivity index (χ4v) is 3.03. The number of nitrogens with zero attached hydrogens (tertiary/aromatic N) is 1. The number of amides is 1. The SMILES string of the molecule is O=C(Cc1coc(-c2ccccc2)n1)NC1CCC(CO)CC1. The molecule has 1 aliphatic carbocycles. The fourth-order valence-electron chi connectivity index (χ4n) is 3.03. The van der Waals surface area contributed by atoms with E-state index in [0.29, 0.717) is 17.5 Å². The molecule has 0 aliphatic heterocycles. The number of rotatable bonds is 5. The summed E-state index contributed by atoms with van der Waals surface area (Å²) >= 11 is 0. The Morgan fingerprint density at radius 3 is 2.65 bits per heavy atom. The van der Waals surface area contributed by atoms with Crippen LogP contribution in [0.5, 0.6) is 0 Å². The summed E-state index contributed by atoms with van der Waals surface area (Å²) in [5.74, 6) is 0.911. The van der Waals surface area contributed by atoms with Gasteiger partial charge in [0.2, 0.25) is 11.8 Å². The molecule has 3 rings (SSSR count). The topological polar surface area (TPSA) is 75.4 Å². The lowest BCUT2D eigenvalue weighted by atomic mass is 9.86. The van der Waals surface area contributed by atoms with Gasteiger partial charge in [0.25, 0.3) is 0 Å². The van der Waals surface area contributed by atoms with E-state index in [9.17, 15) is 4.79 Å². The van der Waals surface area contributed by atoms with Crippen LogP contribution in [-0.2, 0) is 11.2 Å². The summed E-state index contributed by atoms with van der Waals surface area (Å²) in [6.45, 7) is 0.252. The molecule has 0 atom stereocenters. The third-order valence-electron chi connectivity index (χ3n) is 4.38. The smallest absolute Gasteiger partial charge is 0.226 e. The summed E-state index contributed by atoms with van der Waals surface area (Å²) < 4.78 is 5.45. The molecule has 1 aliphatic rings. The molecule has 2 N–H and O–H groups in total. The quantitative estimate of drug-likeness (QED) is 0.889. The van der Waals surface area contributed by atoms with Crippen molar-refractivity contribution in [1.29, 1.82) is 0 Å². The number of oxazole rings is 1. The number of aliphatic hydroxyl groups excluding tert-OH is 1. The molecule has 1 saturated carbocycles. The van der Waals surface area contributed by atoms with E-state index >= 15 is 0 Å². The normalized spacial score (nSPS) is 21.1. The Morgan fingerprint density at radius 1 is 1.22 bits per heavy atom. The van der Waals surface area contributed by atoms with Crippen LogP contribution in [0, 0.1) is 5.92 Å². The van der Waals surface area contributed by atoms with Crippen molar-refractivity contribution in [2.45, 2.75) is 38.1 Å². The van der Waals surface area contributed by atoms with Crippen LogP contribution in [0.2, 0.25) is 0 Å². The summed E-state index contributed by atoms with van der Waals surface area (Å²) in [5, 5.41) is 12.2. The van der Waals surface area contributed by atoms with Crippen LogP contribution in [0.4, 0.5) is 0 Å². The Bertz CT molecular complexity index is 631. The maximum atomic E-state index is 12.1. The van der Waals surface area contributed by atoms with Gasteiger partial charge >= 0.3 is 0 Å². The number of benzene rings is 1. The second kappa shape index (κ2) is 7.42. The summed E-state index contributed by atoms with van der Waals surface area (Å²) in [4.78, 5) is 16.5. The Hall–Kier alpha value is -2.14. The van der Waals surface area contributed by atoms with E-state index in [1.165, 1.54) is 0 Å². The number of nitrogens with one attached hydrogen (secondary N) is 1. The molecule has 2 aromatic rings. The van der Waals surface area contributed by atoms with Gasteiger partial charge in [-0.25, -0.2) is 4.98 Å². The molecule has 0 spiro atoms. The Morgan fingerprint density at radius 2 is 1.96 bits per heavy atom. The number of aromatic nitrogens is 1. The van der Waals surface area contributed by atoms with Gasteiger partial charge in [-0.05, 0) is 43.7 Å². The molecule has 122 valence electrons. The number of aliphatic hydroxyl groups is 1. The molecule has 1 heterocycles. The van der Waals surface area contributed by atoms with E-state index in [0.717, 1.165) is 31.2 Å². The number of hydrogen-bond donors (Lipinski definition) is 2.